The number of nitrogens with two attached hydrogens (primary N) is 1. The molecule has 1 aromatic heterocycles. The van der Waals surface area contributed by atoms with Crippen LogP contribution in [0.4, 0.5) is 22.4 Å². The maximum Gasteiger partial charge on any atom is 0.490 e. The fourth-order valence-corrected chi connectivity index (χ4v) is 3.35. The van der Waals surface area contributed by atoms with Crippen LogP contribution in [0.1, 0.15) is 26.5 Å². The zero-order chi connectivity index (χ0) is 30.1. The number of carboxylic acid groups (broad SMARTS) is 3. The predicted octanol–water partition coefficient (Wildman–Crippen LogP) is 2.09. The highest BCUT2D eigenvalue weighted by Gasteiger charge is 2.38. The fraction of sp³-hybridized carbons (Fsp3) is 0.238. The van der Waals surface area contributed by atoms with Crippen molar-refractivity contribution >= 4 is 47.1 Å². The predicted molar refractivity (Wildman–Crippen MR) is 124 cm³/mol. The van der Waals surface area contributed by atoms with Crippen molar-refractivity contribution in [2.45, 2.75) is 25.2 Å². The van der Waals surface area contributed by atoms with Crippen LogP contribution in [-0.2, 0) is 20.9 Å². The van der Waals surface area contributed by atoms with Crippen molar-refractivity contribution < 1.29 is 61.6 Å². The van der Waals surface area contributed by atoms with Crippen LogP contribution in [0.5, 0.6) is 5.75 Å². The molecule has 0 aliphatic carbocycles. The van der Waals surface area contributed by atoms with Crippen LogP contribution < -0.4 is 15.8 Å². The molecule has 0 radical (unpaired) electrons. The summed E-state index contributed by atoms with van der Waals surface area (Å²) in [6.45, 7) is -0.00907. The number of carboxylic acids is 3. The first-order valence-electron chi connectivity index (χ1n) is 10.1. The molecular formula is C21H20F4N4O9S. The second-order valence-electron chi connectivity index (χ2n) is 7.31. The molecule has 0 aliphatic rings. The van der Waals surface area contributed by atoms with Crippen molar-refractivity contribution in [2.24, 2.45) is 5.73 Å². The Morgan fingerprint density at radius 2 is 1.72 bits per heavy atom. The highest BCUT2D eigenvalue weighted by Crippen LogP contribution is 2.23. The number of esters is 1. The van der Waals surface area contributed by atoms with E-state index >= 15 is 0 Å². The topological polar surface area (TPSA) is 220 Å². The van der Waals surface area contributed by atoms with Gasteiger partial charge in [-0.3, -0.25) is 10.2 Å². The van der Waals surface area contributed by atoms with Crippen LogP contribution >= 0.6 is 11.3 Å². The van der Waals surface area contributed by atoms with E-state index in [-0.39, 0.29) is 28.6 Å². The van der Waals surface area contributed by atoms with Gasteiger partial charge < -0.3 is 36.0 Å². The molecule has 1 aromatic carbocycles. The van der Waals surface area contributed by atoms with E-state index in [2.05, 4.69) is 5.32 Å². The number of rotatable bonds is 9. The Kier molecular flexibility index (Phi) is 11.3. The summed E-state index contributed by atoms with van der Waals surface area (Å²) in [5.41, 5.74) is 5.41. The van der Waals surface area contributed by atoms with Gasteiger partial charge in [0.1, 0.15) is 16.8 Å². The third-order valence-corrected chi connectivity index (χ3v) is 5.32. The Labute approximate surface area is 219 Å². The van der Waals surface area contributed by atoms with Crippen LogP contribution in [0, 0.1) is 11.2 Å². The standard InChI is InChI=1S/C19H19FN4O7S.C2HF3O2/c1-24(19(30)23-12(17(27)28)7-15(25)26)8-10-3-5-14(32-10)18(29)31-13-4-2-9(16(21)22)6-11(13)20;3-2(4,5)1(6)7/h2-6,12H,7-8H2,1H3,(H3,21,22)(H,23,30)(H,25,26)(H,27,28);(H,6,7)/t12-;/m0./s1. The number of nitrogen functional groups attached to an aromatic ring is 1. The molecule has 0 bridgehead atoms. The second-order valence-corrected chi connectivity index (χ2v) is 8.48. The number of thiophene rings is 1. The maximum absolute atomic E-state index is 14.0. The number of ether oxygens (including phenoxy) is 1. The van der Waals surface area contributed by atoms with Gasteiger partial charge in [-0.2, -0.15) is 13.2 Å². The summed E-state index contributed by atoms with van der Waals surface area (Å²) in [4.78, 5) is 56.9. The molecule has 2 rings (SSSR count). The number of urea groups is 1. The van der Waals surface area contributed by atoms with E-state index in [4.69, 9.17) is 36.0 Å². The van der Waals surface area contributed by atoms with Gasteiger partial charge in [-0.25, -0.2) is 23.6 Å². The van der Waals surface area contributed by atoms with Crippen LogP contribution in [0.2, 0.25) is 0 Å². The minimum atomic E-state index is -5.08. The number of benzene rings is 1. The zero-order valence-corrected chi connectivity index (χ0v) is 20.4. The summed E-state index contributed by atoms with van der Waals surface area (Å²) in [7, 11) is 1.36. The number of halogens is 4. The molecule has 0 aliphatic heterocycles. The lowest BCUT2D eigenvalue weighted by Gasteiger charge is -2.20. The average Bonchev–Trinajstić information content (AvgIpc) is 3.27. The Morgan fingerprint density at radius 3 is 2.18 bits per heavy atom. The van der Waals surface area contributed by atoms with Crippen molar-refractivity contribution in [1.82, 2.24) is 10.2 Å². The molecule has 0 spiro atoms. The molecule has 0 saturated heterocycles. The largest absolute Gasteiger partial charge is 0.490 e. The van der Waals surface area contributed by atoms with E-state index < -0.39 is 54.4 Å². The smallest absolute Gasteiger partial charge is 0.481 e. The number of aliphatic carboxylic acids is 3. The lowest BCUT2D eigenvalue weighted by atomic mass is 10.2. The van der Waals surface area contributed by atoms with E-state index in [0.29, 0.717) is 4.88 Å². The minimum Gasteiger partial charge on any atom is -0.481 e. The van der Waals surface area contributed by atoms with Gasteiger partial charge in [-0.05, 0) is 30.3 Å². The molecule has 212 valence electrons. The number of nitrogens with one attached hydrogen (secondary N) is 2. The van der Waals surface area contributed by atoms with Crippen LogP contribution in [0.15, 0.2) is 30.3 Å². The first-order valence-corrected chi connectivity index (χ1v) is 10.9. The number of hydrogen-bond acceptors (Lipinski definition) is 8. The molecule has 0 fully saturated rings. The van der Waals surface area contributed by atoms with Crippen molar-refractivity contribution in [1.29, 1.82) is 5.41 Å². The van der Waals surface area contributed by atoms with Gasteiger partial charge in [0.25, 0.3) is 0 Å². The van der Waals surface area contributed by atoms with E-state index in [1.54, 1.807) is 0 Å². The summed E-state index contributed by atoms with van der Waals surface area (Å²) in [6, 6.07) is 4.01. The maximum atomic E-state index is 14.0. The van der Waals surface area contributed by atoms with Gasteiger partial charge in [-0.15, -0.1) is 11.3 Å². The summed E-state index contributed by atoms with van der Waals surface area (Å²) in [5, 5.41) is 34.2. The summed E-state index contributed by atoms with van der Waals surface area (Å²) in [5.74, 6) is -8.01. The molecule has 2 aromatic rings. The van der Waals surface area contributed by atoms with Gasteiger partial charge in [0.05, 0.1) is 13.0 Å². The highest BCUT2D eigenvalue weighted by molar-refractivity contribution is 7.13. The molecule has 1 heterocycles. The molecule has 0 unspecified atom stereocenters. The molecule has 18 heteroatoms. The number of alkyl halides is 3. The normalized spacial score (nSPS) is 11.3. The summed E-state index contributed by atoms with van der Waals surface area (Å²) < 4.78 is 50.8. The lowest BCUT2D eigenvalue weighted by molar-refractivity contribution is -0.192. The number of hydrogen-bond donors (Lipinski definition) is 6. The Morgan fingerprint density at radius 1 is 1.13 bits per heavy atom. The van der Waals surface area contributed by atoms with E-state index in [1.165, 1.54) is 31.3 Å². The number of carbonyl (C=O) groups is 5. The van der Waals surface area contributed by atoms with Crippen LogP contribution in [-0.4, -0.2) is 75.2 Å². The third-order valence-electron chi connectivity index (χ3n) is 4.27. The third kappa shape index (κ3) is 10.6. The number of amides is 2. The zero-order valence-electron chi connectivity index (χ0n) is 19.6. The molecule has 7 N–H and O–H groups in total. The number of amidine groups is 1. The molecule has 39 heavy (non-hydrogen) atoms. The highest BCUT2D eigenvalue weighted by atomic mass is 32.1. The van der Waals surface area contributed by atoms with Gasteiger partial charge in [0, 0.05) is 17.5 Å². The average molecular weight is 580 g/mol. The monoisotopic (exact) mass is 580 g/mol. The first-order chi connectivity index (χ1) is 17.9. The first kappa shape index (κ1) is 32.3. The molecule has 1 atom stereocenters. The van der Waals surface area contributed by atoms with Crippen LogP contribution in [0.25, 0.3) is 0 Å². The quantitative estimate of drug-likeness (QED) is 0.0833. The number of carbonyl (C=O) groups excluding carboxylic acids is 2. The Balaban J connectivity index is 0.000000956. The van der Waals surface area contributed by atoms with E-state index in [0.717, 1.165) is 22.3 Å². The minimum absolute atomic E-state index is 0.00907. The van der Waals surface area contributed by atoms with Crippen molar-refractivity contribution in [2.75, 3.05) is 7.05 Å². The van der Waals surface area contributed by atoms with Gasteiger partial charge in [0.15, 0.2) is 11.6 Å². The van der Waals surface area contributed by atoms with Crippen molar-refractivity contribution in [3.63, 3.8) is 0 Å². The van der Waals surface area contributed by atoms with Crippen molar-refractivity contribution in [3.05, 3.63) is 51.5 Å². The Hall–Kier alpha value is -4.74. The van der Waals surface area contributed by atoms with E-state index in [1.807, 2.05) is 0 Å². The molecule has 0 saturated carbocycles. The molecule has 13 nitrogen and oxygen atoms in total. The molecular weight excluding hydrogens is 560 g/mol. The summed E-state index contributed by atoms with van der Waals surface area (Å²) >= 11 is 0.973. The summed E-state index contributed by atoms with van der Waals surface area (Å²) in [6.07, 6.45) is -5.87. The molecule has 2 amide bonds. The van der Waals surface area contributed by atoms with Crippen LogP contribution in [0.3, 0.4) is 0 Å². The Bertz CT molecular complexity index is 1270. The van der Waals surface area contributed by atoms with Gasteiger partial charge >= 0.3 is 36.1 Å². The van der Waals surface area contributed by atoms with Gasteiger partial charge in [0.2, 0.25) is 0 Å². The fourth-order valence-electron chi connectivity index (χ4n) is 2.41. The second kappa shape index (κ2) is 13.7. The SMILES string of the molecule is CN(Cc1ccc(C(=O)Oc2ccc(C(=N)N)cc2F)s1)C(=O)N[C@@H](CC(=O)O)C(=O)O.O=C(O)C(F)(F)F. The lowest BCUT2D eigenvalue weighted by Crippen LogP contribution is -2.47. The van der Waals surface area contributed by atoms with Crippen molar-refractivity contribution in [3.8, 4) is 5.75 Å². The van der Waals surface area contributed by atoms with Gasteiger partial charge in [-0.1, -0.05) is 0 Å². The van der Waals surface area contributed by atoms with E-state index in [9.17, 15) is 36.7 Å². The number of nitrogens with zero attached hydrogens (tertiary/aromatic N) is 1.